The zero-order chi connectivity index (χ0) is 14.8. The quantitative estimate of drug-likeness (QED) is 0.674. The highest BCUT2D eigenvalue weighted by Crippen LogP contribution is 2.11. The van der Waals surface area contributed by atoms with Gasteiger partial charge in [0.2, 0.25) is 11.8 Å². The molecule has 2 amide bonds. The molecule has 116 valence electrons. The molecular weight excluding hydrogens is 252 g/mol. The van der Waals surface area contributed by atoms with Gasteiger partial charge in [0.05, 0.1) is 0 Å². The summed E-state index contributed by atoms with van der Waals surface area (Å²) in [5, 5.41) is 0. The molecule has 0 bridgehead atoms. The summed E-state index contributed by atoms with van der Waals surface area (Å²) in [6.45, 7) is 6.91. The monoisotopic (exact) mass is 282 g/mol. The van der Waals surface area contributed by atoms with Gasteiger partial charge in [0.15, 0.2) is 0 Å². The second kappa shape index (κ2) is 9.78. The Morgan fingerprint density at radius 1 is 1.00 bits per heavy atom. The Morgan fingerprint density at radius 3 is 2.20 bits per heavy atom. The summed E-state index contributed by atoms with van der Waals surface area (Å²) in [6.07, 6.45) is 8.53. The minimum atomic E-state index is 0.0877. The fourth-order valence-corrected chi connectivity index (χ4v) is 2.69. The summed E-state index contributed by atoms with van der Waals surface area (Å²) in [7, 11) is 0. The number of unbranched alkanes of at least 4 members (excludes halogenated alkanes) is 2. The number of nitrogens with zero attached hydrogens (tertiary/aromatic N) is 2. The van der Waals surface area contributed by atoms with E-state index >= 15 is 0 Å². The average Bonchev–Trinajstić information content (AvgIpc) is 2.71. The summed E-state index contributed by atoms with van der Waals surface area (Å²) in [6, 6.07) is 0. The smallest absolute Gasteiger partial charge is 0.224 e. The number of amides is 2. The number of hydrogen-bond acceptors (Lipinski definition) is 2. The van der Waals surface area contributed by atoms with E-state index in [1.165, 1.54) is 12.8 Å². The van der Waals surface area contributed by atoms with Crippen LogP contribution in [0.15, 0.2) is 0 Å². The normalized spacial score (nSPS) is 15.8. The Hall–Kier alpha value is -1.06. The summed E-state index contributed by atoms with van der Waals surface area (Å²) < 4.78 is 0. The number of carbonyl (C=O) groups excluding carboxylic acids is 2. The summed E-state index contributed by atoms with van der Waals surface area (Å²) in [5.74, 6) is 0.304. The topological polar surface area (TPSA) is 40.6 Å². The third kappa shape index (κ3) is 6.40. The molecule has 0 aromatic heterocycles. The highest BCUT2D eigenvalue weighted by Gasteiger charge is 2.17. The summed E-state index contributed by atoms with van der Waals surface area (Å²) in [5.41, 5.74) is 0. The number of carbonyl (C=O) groups is 2. The Balaban J connectivity index is 2.33. The van der Waals surface area contributed by atoms with Crippen LogP contribution in [0.2, 0.25) is 0 Å². The lowest BCUT2D eigenvalue weighted by molar-refractivity contribution is -0.133. The van der Waals surface area contributed by atoms with E-state index in [9.17, 15) is 9.59 Å². The fraction of sp³-hybridized carbons (Fsp3) is 0.875. The van der Waals surface area contributed by atoms with Gasteiger partial charge in [-0.05, 0) is 19.3 Å². The van der Waals surface area contributed by atoms with Crippen molar-refractivity contribution in [2.75, 3.05) is 26.2 Å². The van der Waals surface area contributed by atoms with Crippen molar-refractivity contribution in [3.8, 4) is 0 Å². The zero-order valence-corrected chi connectivity index (χ0v) is 13.2. The Kier molecular flexibility index (Phi) is 8.31. The fourth-order valence-electron chi connectivity index (χ4n) is 2.69. The number of rotatable bonds is 7. The molecule has 1 aliphatic heterocycles. The molecule has 20 heavy (non-hydrogen) atoms. The first-order valence-corrected chi connectivity index (χ1v) is 8.18. The van der Waals surface area contributed by atoms with Crippen LogP contribution in [0.25, 0.3) is 0 Å². The second-order valence-electron chi connectivity index (χ2n) is 5.76. The van der Waals surface area contributed by atoms with E-state index in [4.69, 9.17) is 0 Å². The molecular formula is C16H30N2O2. The molecule has 1 saturated heterocycles. The van der Waals surface area contributed by atoms with E-state index in [0.29, 0.717) is 13.0 Å². The molecule has 0 aromatic carbocycles. The minimum Gasteiger partial charge on any atom is -0.343 e. The number of likely N-dealkylation sites (tertiary alicyclic amines) is 1. The van der Waals surface area contributed by atoms with Crippen molar-refractivity contribution in [3.63, 3.8) is 0 Å². The van der Waals surface area contributed by atoms with Crippen molar-refractivity contribution < 1.29 is 9.59 Å². The van der Waals surface area contributed by atoms with Crippen molar-refractivity contribution in [3.05, 3.63) is 0 Å². The van der Waals surface area contributed by atoms with Gasteiger partial charge in [-0.3, -0.25) is 9.59 Å². The maximum atomic E-state index is 12.2. The minimum absolute atomic E-state index is 0.0877. The van der Waals surface area contributed by atoms with Crippen LogP contribution in [0.5, 0.6) is 0 Å². The van der Waals surface area contributed by atoms with E-state index < -0.39 is 0 Å². The third-order valence-electron chi connectivity index (χ3n) is 4.03. The van der Waals surface area contributed by atoms with Gasteiger partial charge < -0.3 is 9.80 Å². The number of hydrogen-bond donors (Lipinski definition) is 0. The Morgan fingerprint density at radius 2 is 1.65 bits per heavy atom. The van der Waals surface area contributed by atoms with E-state index in [2.05, 4.69) is 6.92 Å². The van der Waals surface area contributed by atoms with Gasteiger partial charge in [0.1, 0.15) is 0 Å². The van der Waals surface area contributed by atoms with E-state index in [1.54, 1.807) is 6.92 Å². The Bertz CT molecular complexity index is 297. The summed E-state index contributed by atoms with van der Waals surface area (Å²) in [4.78, 5) is 27.6. The van der Waals surface area contributed by atoms with Crippen LogP contribution in [0.3, 0.4) is 0 Å². The van der Waals surface area contributed by atoms with Crippen molar-refractivity contribution >= 4 is 11.8 Å². The first kappa shape index (κ1) is 17.0. The first-order chi connectivity index (χ1) is 9.65. The van der Waals surface area contributed by atoms with Gasteiger partial charge in [-0.15, -0.1) is 0 Å². The molecule has 0 aromatic rings. The predicted octanol–water partition coefficient (Wildman–Crippen LogP) is 2.82. The molecule has 0 aliphatic carbocycles. The molecule has 1 aliphatic rings. The maximum Gasteiger partial charge on any atom is 0.224 e. The van der Waals surface area contributed by atoms with Crippen LogP contribution in [0.1, 0.15) is 65.2 Å². The van der Waals surface area contributed by atoms with Crippen LogP contribution < -0.4 is 0 Å². The van der Waals surface area contributed by atoms with Crippen LogP contribution in [0.4, 0.5) is 0 Å². The molecule has 1 rings (SSSR count). The lowest BCUT2D eigenvalue weighted by atomic mass is 10.2. The van der Waals surface area contributed by atoms with Crippen LogP contribution in [0, 0.1) is 0 Å². The highest BCUT2D eigenvalue weighted by atomic mass is 16.2. The highest BCUT2D eigenvalue weighted by molar-refractivity contribution is 5.78. The van der Waals surface area contributed by atoms with Gasteiger partial charge in [-0.2, -0.15) is 0 Å². The molecule has 1 heterocycles. The van der Waals surface area contributed by atoms with E-state index in [1.807, 2.05) is 9.80 Å². The maximum absolute atomic E-state index is 12.2. The molecule has 4 heteroatoms. The lowest BCUT2D eigenvalue weighted by Gasteiger charge is -2.24. The molecule has 0 saturated carbocycles. The SMILES string of the molecule is CCCCCN(CCC(=O)N1CCCCCC1)C(C)=O. The van der Waals surface area contributed by atoms with Gasteiger partial charge in [-0.1, -0.05) is 32.6 Å². The second-order valence-corrected chi connectivity index (χ2v) is 5.76. The standard InChI is InChI=1S/C16H30N2O2/c1-3-4-7-11-17(15(2)19)14-10-16(20)18-12-8-5-6-9-13-18/h3-14H2,1-2H3. The molecule has 0 unspecified atom stereocenters. The van der Waals surface area contributed by atoms with Gasteiger partial charge in [0.25, 0.3) is 0 Å². The predicted molar refractivity (Wildman–Crippen MR) is 81.4 cm³/mol. The van der Waals surface area contributed by atoms with E-state index in [-0.39, 0.29) is 11.8 Å². The molecule has 1 fully saturated rings. The van der Waals surface area contributed by atoms with Crippen molar-refractivity contribution in [1.82, 2.24) is 9.80 Å². The largest absolute Gasteiger partial charge is 0.343 e. The van der Waals surface area contributed by atoms with Crippen LogP contribution >= 0.6 is 0 Å². The van der Waals surface area contributed by atoms with E-state index in [0.717, 1.165) is 51.7 Å². The molecule has 0 spiro atoms. The molecule has 0 radical (unpaired) electrons. The van der Waals surface area contributed by atoms with Gasteiger partial charge in [0, 0.05) is 39.5 Å². The lowest BCUT2D eigenvalue weighted by Crippen LogP contribution is -2.37. The van der Waals surface area contributed by atoms with Crippen molar-refractivity contribution in [1.29, 1.82) is 0 Å². The first-order valence-electron chi connectivity index (χ1n) is 8.18. The molecule has 0 atom stereocenters. The van der Waals surface area contributed by atoms with Crippen molar-refractivity contribution in [2.24, 2.45) is 0 Å². The average molecular weight is 282 g/mol. The zero-order valence-electron chi connectivity index (χ0n) is 13.2. The van der Waals surface area contributed by atoms with Gasteiger partial charge >= 0.3 is 0 Å². The van der Waals surface area contributed by atoms with Crippen molar-refractivity contribution in [2.45, 2.75) is 65.2 Å². The molecule has 4 nitrogen and oxygen atoms in total. The summed E-state index contributed by atoms with van der Waals surface area (Å²) >= 11 is 0. The van der Waals surface area contributed by atoms with Crippen LogP contribution in [-0.4, -0.2) is 47.8 Å². The van der Waals surface area contributed by atoms with Gasteiger partial charge in [-0.25, -0.2) is 0 Å². The third-order valence-corrected chi connectivity index (χ3v) is 4.03. The molecule has 0 N–H and O–H groups in total. The van der Waals surface area contributed by atoms with Crippen LogP contribution in [-0.2, 0) is 9.59 Å². The Labute approximate surface area is 123 Å².